The lowest BCUT2D eigenvalue weighted by Crippen LogP contribution is -2.45. The molecule has 1 aliphatic rings. The lowest BCUT2D eigenvalue weighted by molar-refractivity contribution is 0.339. The van der Waals surface area contributed by atoms with Crippen LogP contribution in [0, 0.1) is 0 Å². The van der Waals surface area contributed by atoms with E-state index in [9.17, 15) is 8.42 Å². The Bertz CT molecular complexity index is 516. The molecule has 1 heterocycles. The summed E-state index contributed by atoms with van der Waals surface area (Å²) in [5, 5.41) is 3.19. The van der Waals surface area contributed by atoms with Crippen LogP contribution in [0.25, 0.3) is 0 Å². The van der Waals surface area contributed by atoms with Crippen LogP contribution in [-0.4, -0.2) is 34.2 Å². The van der Waals surface area contributed by atoms with Crippen LogP contribution in [0.3, 0.4) is 0 Å². The molecule has 2 rings (SSSR count). The number of rotatable bonds is 5. The summed E-state index contributed by atoms with van der Waals surface area (Å²) in [5.74, 6) is 0.576. The largest absolute Gasteiger partial charge is 0.494 e. The third-order valence-corrected chi connectivity index (χ3v) is 4.56. The van der Waals surface area contributed by atoms with Gasteiger partial charge in [-0.25, -0.2) is 13.1 Å². The molecule has 1 aromatic carbocycles. The standard InChI is InChI=1S/C13H20N2O3S.ClH/c1-2-18-12-6-3-7-13(9-12)19(16,17)15-11-5-4-8-14-10-11;/h3,6-7,9,11,14-15H,2,4-5,8,10H2,1H3;1H/t11-;/m0./s1. The average Bonchev–Trinajstić information content (AvgIpc) is 2.40. The number of piperidine rings is 1. The summed E-state index contributed by atoms with van der Waals surface area (Å²) < 4.78 is 32.6. The molecule has 0 aromatic heterocycles. The first kappa shape index (κ1) is 17.2. The summed E-state index contributed by atoms with van der Waals surface area (Å²) in [6, 6.07) is 6.56. The minimum Gasteiger partial charge on any atom is -0.494 e. The molecule has 0 unspecified atom stereocenters. The van der Waals surface area contributed by atoms with E-state index in [1.807, 2.05) is 6.92 Å². The Kier molecular flexibility index (Phi) is 6.75. The maximum absolute atomic E-state index is 12.3. The Hall–Kier alpha value is -0.820. The number of ether oxygens (including phenoxy) is 1. The second-order valence-electron chi connectivity index (χ2n) is 4.57. The third kappa shape index (κ3) is 4.63. The maximum Gasteiger partial charge on any atom is 0.240 e. The molecule has 0 spiro atoms. The zero-order valence-corrected chi connectivity index (χ0v) is 13.1. The fraction of sp³-hybridized carbons (Fsp3) is 0.538. The molecule has 5 nitrogen and oxygen atoms in total. The van der Waals surface area contributed by atoms with E-state index in [0.717, 1.165) is 19.4 Å². The summed E-state index contributed by atoms with van der Waals surface area (Å²) in [4.78, 5) is 0.254. The fourth-order valence-corrected chi connectivity index (χ4v) is 3.44. The van der Waals surface area contributed by atoms with Crippen LogP contribution in [-0.2, 0) is 10.0 Å². The van der Waals surface area contributed by atoms with Crippen molar-refractivity contribution in [3.63, 3.8) is 0 Å². The molecule has 1 atom stereocenters. The third-order valence-electron chi connectivity index (χ3n) is 3.05. The smallest absolute Gasteiger partial charge is 0.240 e. The van der Waals surface area contributed by atoms with Crippen molar-refractivity contribution in [3.8, 4) is 5.75 Å². The molecule has 1 fully saturated rings. The minimum absolute atomic E-state index is 0. The van der Waals surface area contributed by atoms with Gasteiger partial charge in [0.05, 0.1) is 11.5 Å². The van der Waals surface area contributed by atoms with Gasteiger partial charge >= 0.3 is 0 Å². The van der Waals surface area contributed by atoms with Crippen molar-refractivity contribution in [3.05, 3.63) is 24.3 Å². The monoisotopic (exact) mass is 320 g/mol. The van der Waals surface area contributed by atoms with Gasteiger partial charge in [-0.05, 0) is 38.4 Å². The van der Waals surface area contributed by atoms with Gasteiger partial charge in [0.1, 0.15) is 5.75 Å². The predicted molar refractivity (Wildman–Crippen MR) is 81.1 cm³/mol. The Morgan fingerprint density at radius 3 is 2.90 bits per heavy atom. The van der Waals surface area contributed by atoms with Crippen LogP contribution in [0.4, 0.5) is 0 Å². The zero-order valence-electron chi connectivity index (χ0n) is 11.5. The second-order valence-corrected chi connectivity index (χ2v) is 6.29. The molecule has 0 radical (unpaired) electrons. The van der Waals surface area contributed by atoms with E-state index in [2.05, 4.69) is 10.0 Å². The number of halogens is 1. The molecule has 2 N–H and O–H groups in total. The number of nitrogens with one attached hydrogen (secondary N) is 2. The average molecular weight is 321 g/mol. The Labute approximate surface area is 126 Å². The molecule has 0 saturated carbocycles. The van der Waals surface area contributed by atoms with Crippen LogP contribution in [0.5, 0.6) is 5.75 Å². The molecule has 1 aromatic rings. The Morgan fingerprint density at radius 1 is 1.45 bits per heavy atom. The highest BCUT2D eigenvalue weighted by Crippen LogP contribution is 2.18. The van der Waals surface area contributed by atoms with Crippen molar-refractivity contribution in [1.82, 2.24) is 10.0 Å². The summed E-state index contributed by atoms with van der Waals surface area (Å²) in [5.41, 5.74) is 0. The quantitative estimate of drug-likeness (QED) is 0.863. The van der Waals surface area contributed by atoms with Gasteiger partial charge in [-0.15, -0.1) is 12.4 Å². The van der Waals surface area contributed by atoms with Crippen LogP contribution < -0.4 is 14.8 Å². The molecule has 1 aliphatic heterocycles. The molecule has 20 heavy (non-hydrogen) atoms. The van der Waals surface area contributed by atoms with Gasteiger partial charge in [0.25, 0.3) is 0 Å². The molecular formula is C13H21ClN2O3S. The molecule has 7 heteroatoms. The van der Waals surface area contributed by atoms with Crippen molar-refractivity contribution in [2.24, 2.45) is 0 Å². The molecular weight excluding hydrogens is 300 g/mol. The topological polar surface area (TPSA) is 67.4 Å². The highest BCUT2D eigenvalue weighted by Gasteiger charge is 2.21. The molecule has 114 valence electrons. The van der Waals surface area contributed by atoms with Crippen molar-refractivity contribution in [1.29, 1.82) is 0 Å². The van der Waals surface area contributed by atoms with E-state index in [1.165, 1.54) is 0 Å². The van der Waals surface area contributed by atoms with Crippen molar-refractivity contribution in [2.75, 3.05) is 19.7 Å². The van der Waals surface area contributed by atoms with Crippen LogP contribution in [0.1, 0.15) is 19.8 Å². The lowest BCUT2D eigenvalue weighted by atomic mass is 10.1. The van der Waals surface area contributed by atoms with E-state index in [4.69, 9.17) is 4.74 Å². The van der Waals surface area contributed by atoms with E-state index in [-0.39, 0.29) is 23.3 Å². The first-order chi connectivity index (χ1) is 9.12. The normalized spacial score (nSPS) is 19.1. The number of hydrogen-bond donors (Lipinski definition) is 2. The van der Waals surface area contributed by atoms with E-state index >= 15 is 0 Å². The van der Waals surface area contributed by atoms with Crippen molar-refractivity contribution < 1.29 is 13.2 Å². The van der Waals surface area contributed by atoms with E-state index < -0.39 is 10.0 Å². The van der Waals surface area contributed by atoms with Crippen molar-refractivity contribution >= 4 is 22.4 Å². The summed E-state index contributed by atoms with van der Waals surface area (Å²) >= 11 is 0. The highest BCUT2D eigenvalue weighted by molar-refractivity contribution is 7.89. The Balaban J connectivity index is 0.00000200. The first-order valence-electron chi connectivity index (χ1n) is 6.58. The molecule has 1 saturated heterocycles. The van der Waals surface area contributed by atoms with Crippen LogP contribution >= 0.6 is 12.4 Å². The molecule has 0 bridgehead atoms. The maximum atomic E-state index is 12.3. The first-order valence-corrected chi connectivity index (χ1v) is 8.06. The predicted octanol–water partition coefficient (Wildman–Crippen LogP) is 1.54. The van der Waals surface area contributed by atoms with Gasteiger partial charge in [0, 0.05) is 18.7 Å². The van der Waals surface area contributed by atoms with Gasteiger partial charge in [-0.2, -0.15) is 0 Å². The summed E-state index contributed by atoms with van der Waals surface area (Å²) in [7, 11) is -3.47. The van der Waals surface area contributed by atoms with Gasteiger partial charge in [0.2, 0.25) is 10.0 Å². The number of sulfonamides is 1. The lowest BCUT2D eigenvalue weighted by Gasteiger charge is -2.23. The second kappa shape index (κ2) is 7.83. The molecule has 0 aliphatic carbocycles. The number of hydrogen-bond acceptors (Lipinski definition) is 4. The van der Waals surface area contributed by atoms with E-state index in [1.54, 1.807) is 24.3 Å². The van der Waals surface area contributed by atoms with Crippen LogP contribution in [0.2, 0.25) is 0 Å². The van der Waals surface area contributed by atoms with Gasteiger partial charge in [-0.3, -0.25) is 0 Å². The minimum atomic E-state index is -3.47. The Morgan fingerprint density at radius 2 is 2.25 bits per heavy atom. The van der Waals surface area contributed by atoms with Gasteiger partial charge in [-0.1, -0.05) is 6.07 Å². The molecule has 0 amide bonds. The highest BCUT2D eigenvalue weighted by atomic mass is 35.5. The SMILES string of the molecule is CCOc1cccc(S(=O)(=O)N[C@H]2CCCNC2)c1.Cl. The fourth-order valence-electron chi connectivity index (χ4n) is 2.14. The van der Waals surface area contributed by atoms with E-state index in [0.29, 0.717) is 18.9 Å². The van der Waals surface area contributed by atoms with Gasteiger partial charge < -0.3 is 10.1 Å². The zero-order chi connectivity index (χ0) is 13.7. The summed E-state index contributed by atoms with van der Waals surface area (Å²) in [6.45, 7) is 4.03. The van der Waals surface area contributed by atoms with Crippen molar-refractivity contribution in [2.45, 2.75) is 30.7 Å². The van der Waals surface area contributed by atoms with Crippen LogP contribution in [0.15, 0.2) is 29.2 Å². The van der Waals surface area contributed by atoms with Gasteiger partial charge in [0.15, 0.2) is 0 Å². The number of benzene rings is 1. The summed E-state index contributed by atoms with van der Waals surface area (Å²) in [6.07, 6.45) is 1.86.